The number of rotatable bonds is 6. The molecule has 0 radical (unpaired) electrons. The molecule has 0 saturated heterocycles. The molecule has 0 aliphatic rings. The van der Waals surface area contributed by atoms with E-state index in [2.05, 4.69) is 15.0 Å². The van der Waals surface area contributed by atoms with Gasteiger partial charge in [0.05, 0.1) is 27.4 Å². The molecule has 3 aromatic rings. The second-order valence-corrected chi connectivity index (χ2v) is 7.21. The summed E-state index contributed by atoms with van der Waals surface area (Å²) in [6.07, 6.45) is 3.00. The third-order valence-corrected chi connectivity index (χ3v) is 4.93. The van der Waals surface area contributed by atoms with Gasteiger partial charge in [0.25, 0.3) is 15.7 Å². The van der Waals surface area contributed by atoms with Gasteiger partial charge in [-0.05, 0) is 31.2 Å². The number of aryl methyl sites for hydroxylation is 1. The van der Waals surface area contributed by atoms with Crippen molar-refractivity contribution in [3.63, 3.8) is 0 Å². The Labute approximate surface area is 155 Å². The number of nitrogens with one attached hydrogen (secondary N) is 1. The molecular formula is C17H15N5O4S. The molecule has 0 amide bonds. The smallest absolute Gasteiger partial charge is 0.258 e. The molecule has 9 nitrogen and oxygen atoms in total. The Morgan fingerprint density at radius 2 is 1.81 bits per heavy atom. The summed E-state index contributed by atoms with van der Waals surface area (Å²) in [6, 6.07) is 13.8. The molecule has 2 aromatic carbocycles. The second-order valence-electron chi connectivity index (χ2n) is 5.55. The van der Waals surface area contributed by atoms with Crippen molar-refractivity contribution in [2.24, 2.45) is 5.10 Å². The first kappa shape index (κ1) is 18.3. The fraction of sp³-hybridized carbons (Fsp3) is 0.0588. The van der Waals surface area contributed by atoms with Crippen molar-refractivity contribution in [3.8, 4) is 5.69 Å². The zero-order chi connectivity index (χ0) is 19.4. The van der Waals surface area contributed by atoms with E-state index in [0.29, 0.717) is 16.9 Å². The Kier molecular flexibility index (Phi) is 4.99. The van der Waals surface area contributed by atoms with Crippen LogP contribution in [-0.4, -0.2) is 29.3 Å². The van der Waals surface area contributed by atoms with Crippen LogP contribution in [0.2, 0.25) is 0 Å². The Hall–Kier alpha value is -3.53. The summed E-state index contributed by atoms with van der Waals surface area (Å²) < 4.78 is 25.8. The lowest BCUT2D eigenvalue weighted by molar-refractivity contribution is -0.384. The Morgan fingerprint density at radius 1 is 1.15 bits per heavy atom. The summed E-state index contributed by atoms with van der Waals surface area (Å²) in [7, 11) is -3.74. The molecular weight excluding hydrogens is 370 g/mol. The van der Waals surface area contributed by atoms with E-state index < -0.39 is 14.9 Å². The number of hydrogen-bond acceptors (Lipinski definition) is 6. The highest BCUT2D eigenvalue weighted by atomic mass is 32.2. The fourth-order valence-electron chi connectivity index (χ4n) is 2.28. The minimum atomic E-state index is -3.74. The predicted molar refractivity (Wildman–Crippen MR) is 99.3 cm³/mol. The first-order valence-corrected chi connectivity index (χ1v) is 9.26. The van der Waals surface area contributed by atoms with Gasteiger partial charge in [-0.15, -0.1) is 0 Å². The summed E-state index contributed by atoms with van der Waals surface area (Å²) in [5.74, 6) is 0. The largest absolute Gasteiger partial charge is 0.276 e. The van der Waals surface area contributed by atoms with Gasteiger partial charge >= 0.3 is 0 Å². The number of nitrogens with zero attached hydrogens (tertiary/aromatic N) is 4. The summed E-state index contributed by atoms with van der Waals surface area (Å²) in [5.41, 5.74) is 1.84. The maximum Gasteiger partial charge on any atom is 0.276 e. The Bertz CT molecular complexity index is 1090. The van der Waals surface area contributed by atoms with Gasteiger partial charge in [-0.3, -0.25) is 10.1 Å². The molecule has 1 N–H and O–H groups in total. The van der Waals surface area contributed by atoms with E-state index >= 15 is 0 Å². The number of benzene rings is 2. The molecule has 0 saturated carbocycles. The van der Waals surface area contributed by atoms with Crippen molar-refractivity contribution in [1.29, 1.82) is 0 Å². The average molecular weight is 385 g/mol. The maximum absolute atomic E-state index is 12.1. The van der Waals surface area contributed by atoms with Gasteiger partial charge in [0.15, 0.2) is 0 Å². The molecule has 0 aliphatic heterocycles. The first-order chi connectivity index (χ1) is 12.9. The van der Waals surface area contributed by atoms with Crippen LogP contribution in [-0.2, 0) is 10.0 Å². The van der Waals surface area contributed by atoms with Crippen LogP contribution >= 0.6 is 0 Å². The van der Waals surface area contributed by atoms with Gasteiger partial charge in [0, 0.05) is 23.9 Å². The van der Waals surface area contributed by atoms with Crippen molar-refractivity contribution in [2.45, 2.75) is 11.8 Å². The fourth-order valence-corrected chi connectivity index (χ4v) is 3.09. The minimum Gasteiger partial charge on any atom is -0.258 e. The molecule has 1 heterocycles. The zero-order valence-electron chi connectivity index (χ0n) is 14.2. The van der Waals surface area contributed by atoms with Crippen molar-refractivity contribution in [1.82, 2.24) is 14.6 Å². The lowest BCUT2D eigenvalue weighted by Gasteiger charge is -2.02. The lowest BCUT2D eigenvalue weighted by Crippen LogP contribution is -2.18. The minimum absolute atomic E-state index is 0.0141. The number of nitro groups is 1. The van der Waals surface area contributed by atoms with Crippen LogP contribution in [0.15, 0.2) is 70.8 Å². The number of hydrogen-bond donors (Lipinski definition) is 1. The molecule has 0 fully saturated rings. The molecule has 0 unspecified atom stereocenters. The number of hydrazone groups is 1. The number of nitro benzene ring substituents is 1. The molecule has 0 aliphatic carbocycles. The van der Waals surface area contributed by atoms with Gasteiger partial charge < -0.3 is 0 Å². The summed E-state index contributed by atoms with van der Waals surface area (Å²) in [5, 5.41) is 18.8. The van der Waals surface area contributed by atoms with Crippen molar-refractivity contribution >= 4 is 21.9 Å². The van der Waals surface area contributed by atoms with Crippen LogP contribution in [0, 0.1) is 17.0 Å². The van der Waals surface area contributed by atoms with E-state index in [-0.39, 0.29) is 10.6 Å². The predicted octanol–water partition coefficient (Wildman–Crippen LogP) is 2.40. The average Bonchev–Trinajstić information content (AvgIpc) is 3.03. The lowest BCUT2D eigenvalue weighted by atomic mass is 10.3. The quantitative estimate of drug-likeness (QED) is 0.397. The van der Waals surface area contributed by atoms with Crippen molar-refractivity contribution < 1.29 is 13.3 Å². The van der Waals surface area contributed by atoms with Gasteiger partial charge in [0.2, 0.25) is 0 Å². The van der Waals surface area contributed by atoms with E-state index in [1.165, 1.54) is 35.2 Å². The topological polar surface area (TPSA) is 119 Å². The van der Waals surface area contributed by atoms with Gasteiger partial charge in [-0.25, -0.2) is 9.51 Å². The van der Waals surface area contributed by atoms with Crippen LogP contribution in [0.5, 0.6) is 0 Å². The molecule has 0 bridgehead atoms. The van der Waals surface area contributed by atoms with Crippen LogP contribution in [0.25, 0.3) is 5.69 Å². The van der Waals surface area contributed by atoms with E-state index in [4.69, 9.17) is 0 Å². The monoisotopic (exact) mass is 385 g/mol. The van der Waals surface area contributed by atoms with Crippen molar-refractivity contribution in [3.05, 3.63) is 82.2 Å². The second kappa shape index (κ2) is 7.38. The van der Waals surface area contributed by atoms with Crippen LogP contribution in [0.1, 0.15) is 11.3 Å². The molecule has 0 spiro atoms. The summed E-state index contributed by atoms with van der Waals surface area (Å²) >= 11 is 0. The van der Waals surface area contributed by atoms with Crippen molar-refractivity contribution in [2.75, 3.05) is 0 Å². The molecule has 1 aromatic heterocycles. The standard InChI is InChI=1S/C17H15N5O4S/c1-13-14(11-18-20-27(25,26)17-5-3-2-4-6-17)12-21(19-13)15-7-9-16(10-8-15)22(23)24/h2-12,20H,1H3/b18-11+. The Morgan fingerprint density at radius 3 is 2.44 bits per heavy atom. The van der Waals surface area contributed by atoms with Crippen LogP contribution < -0.4 is 4.83 Å². The van der Waals surface area contributed by atoms with Gasteiger partial charge in [-0.1, -0.05) is 18.2 Å². The highest BCUT2D eigenvalue weighted by Gasteiger charge is 2.12. The normalized spacial score (nSPS) is 11.6. The molecule has 0 atom stereocenters. The number of aromatic nitrogens is 2. The Balaban J connectivity index is 1.77. The third kappa shape index (κ3) is 4.18. The van der Waals surface area contributed by atoms with Gasteiger partial charge in [0.1, 0.15) is 0 Å². The number of sulfonamides is 1. The van der Waals surface area contributed by atoms with Crippen LogP contribution in [0.4, 0.5) is 5.69 Å². The third-order valence-electron chi connectivity index (χ3n) is 3.69. The van der Waals surface area contributed by atoms with Gasteiger partial charge in [-0.2, -0.15) is 18.6 Å². The highest BCUT2D eigenvalue weighted by molar-refractivity contribution is 7.89. The molecule has 3 rings (SSSR count). The molecule has 27 heavy (non-hydrogen) atoms. The van der Waals surface area contributed by atoms with E-state index in [1.54, 1.807) is 43.5 Å². The molecule has 10 heteroatoms. The summed E-state index contributed by atoms with van der Waals surface area (Å²) in [4.78, 5) is 12.5. The SMILES string of the molecule is Cc1nn(-c2ccc([N+](=O)[O-])cc2)cc1/C=N/NS(=O)(=O)c1ccccc1. The van der Waals surface area contributed by atoms with E-state index in [1.807, 2.05) is 0 Å². The zero-order valence-corrected chi connectivity index (χ0v) is 15.0. The highest BCUT2D eigenvalue weighted by Crippen LogP contribution is 2.16. The van der Waals surface area contributed by atoms with E-state index in [9.17, 15) is 18.5 Å². The maximum atomic E-state index is 12.1. The first-order valence-electron chi connectivity index (χ1n) is 7.78. The number of non-ortho nitro benzene ring substituents is 1. The molecule has 138 valence electrons. The summed E-state index contributed by atoms with van der Waals surface area (Å²) in [6.45, 7) is 1.74. The van der Waals surface area contributed by atoms with E-state index in [0.717, 1.165) is 0 Å². The van der Waals surface area contributed by atoms with Crippen LogP contribution in [0.3, 0.4) is 0 Å².